The summed E-state index contributed by atoms with van der Waals surface area (Å²) in [5.74, 6) is -0.180. The second-order valence-electron chi connectivity index (χ2n) is 18.9. The van der Waals surface area contributed by atoms with Crippen LogP contribution in [-0.4, -0.2) is 73.4 Å². The van der Waals surface area contributed by atoms with Gasteiger partial charge in [0.15, 0.2) is 0 Å². The number of carbonyl (C=O) groups is 1. The molecular weight excluding hydrogens is 780 g/mol. The summed E-state index contributed by atoms with van der Waals surface area (Å²) in [6, 6.07) is -0.847. The predicted octanol–water partition coefficient (Wildman–Crippen LogP) is 15.0. The van der Waals surface area contributed by atoms with Gasteiger partial charge in [-0.25, -0.2) is 4.57 Å². The molecule has 0 saturated carbocycles. The van der Waals surface area contributed by atoms with Crippen LogP contribution in [0.2, 0.25) is 0 Å². The van der Waals surface area contributed by atoms with Gasteiger partial charge in [0.05, 0.1) is 39.9 Å². The Morgan fingerprint density at radius 2 is 0.918 bits per heavy atom. The van der Waals surface area contributed by atoms with E-state index in [1.807, 2.05) is 27.2 Å². The highest BCUT2D eigenvalue weighted by Gasteiger charge is 2.27. The number of amides is 1. The van der Waals surface area contributed by atoms with Crippen molar-refractivity contribution in [3.63, 3.8) is 0 Å². The largest absolute Gasteiger partial charge is 0.472 e. The molecule has 0 rings (SSSR count). The van der Waals surface area contributed by atoms with Gasteiger partial charge in [0.1, 0.15) is 13.2 Å². The lowest BCUT2D eigenvalue weighted by Crippen LogP contribution is -2.45. The van der Waals surface area contributed by atoms with Crippen molar-refractivity contribution in [3.05, 3.63) is 36.5 Å². The van der Waals surface area contributed by atoms with Crippen LogP contribution in [0.4, 0.5) is 0 Å². The normalized spacial score (nSPS) is 14.4. The van der Waals surface area contributed by atoms with E-state index in [4.69, 9.17) is 9.05 Å². The van der Waals surface area contributed by atoms with E-state index in [0.717, 1.165) is 38.5 Å². The highest BCUT2D eigenvalue weighted by atomic mass is 31.2. The first-order valence-electron chi connectivity index (χ1n) is 25.9. The first-order chi connectivity index (χ1) is 29.5. The van der Waals surface area contributed by atoms with E-state index in [2.05, 4.69) is 43.5 Å². The van der Waals surface area contributed by atoms with E-state index >= 15 is 0 Å². The maximum Gasteiger partial charge on any atom is 0.472 e. The van der Waals surface area contributed by atoms with Crippen molar-refractivity contribution >= 4 is 13.7 Å². The van der Waals surface area contributed by atoms with E-state index in [1.165, 1.54) is 180 Å². The highest BCUT2D eigenvalue weighted by molar-refractivity contribution is 7.47. The zero-order valence-electron chi connectivity index (χ0n) is 40.9. The van der Waals surface area contributed by atoms with Crippen molar-refractivity contribution in [2.75, 3.05) is 40.9 Å². The molecule has 0 bridgehead atoms. The highest BCUT2D eigenvalue weighted by Crippen LogP contribution is 2.43. The predicted molar refractivity (Wildman–Crippen MR) is 263 cm³/mol. The molecule has 0 spiro atoms. The lowest BCUT2D eigenvalue weighted by atomic mass is 10.0. The molecule has 360 valence electrons. The number of allylic oxidation sites excluding steroid dienone is 5. The Bertz CT molecular complexity index is 1090. The summed E-state index contributed by atoms with van der Waals surface area (Å²) in [6.45, 7) is 4.81. The molecule has 0 aliphatic carbocycles. The molecule has 8 nitrogen and oxygen atoms in total. The monoisotopic (exact) mass is 882 g/mol. The van der Waals surface area contributed by atoms with Gasteiger partial charge in [-0.2, -0.15) is 0 Å². The molecule has 0 fully saturated rings. The van der Waals surface area contributed by atoms with Crippen LogP contribution in [0.3, 0.4) is 0 Å². The number of hydrogen-bond donors (Lipinski definition) is 3. The number of nitrogens with one attached hydrogen (secondary N) is 1. The standard InChI is InChI=1S/C52H101N2O6P/c1-6-8-10-12-14-16-18-20-22-24-26-28-29-31-33-35-37-39-41-43-45-51(55)50(49-60-61(57,58)59-48-47-54(3,4)5)53-52(56)46-44-42-40-38-36-34-32-30-27-25-23-21-19-17-15-13-11-9-7-2/h15,17,19,21,43,45,50-51,55H,6-14,16,18,20,22-42,44,46-49H2,1-5H3,(H-,53,56,57,58)/p+1/b17-15-,21-19-,45-43+. The number of aliphatic hydroxyl groups excluding tert-OH is 1. The second-order valence-corrected chi connectivity index (χ2v) is 20.4. The van der Waals surface area contributed by atoms with Crippen molar-refractivity contribution in [1.29, 1.82) is 0 Å². The average molecular weight is 882 g/mol. The summed E-state index contributed by atoms with van der Waals surface area (Å²) in [5, 5.41) is 13.9. The summed E-state index contributed by atoms with van der Waals surface area (Å²) < 4.78 is 23.7. The molecule has 0 aliphatic rings. The van der Waals surface area contributed by atoms with E-state index < -0.39 is 20.0 Å². The van der Waals surface area contributed by atoms with Crippen molar-refractivity contribution in [3.8, 4) is 0 Å². The maximum atomic E-state index is 12.9. The fraction of sp³-hybridized carbons (Fsp3) is 0.865. The molecule has 0 aliphatic heterocycles. The Labute approximate surface area is 378 Å². The van der Waals surface area contributed by atoms with Gasteiger partial charge in [0.25, 0.3) is 0 Å². The third kappa shape index (κ3) is 46.5. The molecule has 3 unspecified atom stereocenters. The van der Waals surface area contributed by atoms with Gasteiger partial charge in [0.2, 0.25) is 5.91 Å². The third-order valence-electron chi connectivity index (χ3n) is 11.6. The number of phosphoric acid groups is 1. The fourth-order valence-electron chi connectivity index (χ4n) is 7.50. The first kappa shape index (κ1) is 59.7. The Morgan fingerprint density at radius 1 is 0.557 bits per heavy atom. The molecule has 9 heteroatoms. The second kappa shape index (κ2) is 43.9. The van der Waals surface area contributed by atoms with Crippen LogP contribution < -0.4 is 5.32 Å². The van der Waals surface area contributed by atoms with Gasteiger partial charge >= 0.3 is 7.82 Å². The van der Waals surface area contributed by atoms with Crippen LogP contribution in [0.1, 0.15) is 239 Å². The topological polar surface area (TPSA) is 105 Å². The molecule has 3 atom stereocenters. The third-order valence-corrected chi connectivity index (χ3v) is 12.6. The fourth-order valence-corrected chi connectivity index (χ4v) is 8.24. The molecule has 0 aromatic heterocycles. The van der Waals surface area contributed by atoms with Crippen molar-refractivity contribution in [2.45, 2.75) is 251 Å². The number of hydrogen-bond acceptors (Lipinski definition) is 5. The quantitative estimate of drug-likeness (QED) is 0.0185. The Morgan fingerprint density at radius 3 is 1.34 bits per heavy atom. The zero-order chi connectivity index (χ0) is 45.0. The number of carbonyl (C=O) groups excluding carboxylic acids is 1. The Hall–Kier alpha value is -1.28. The molecule has 0 heterocycles. The van der Waals surface area contributed by atoms with Crippen LogP contribution in [-0.2, 0) is 18.4 Å². The number of nitrogens with zero attached hydrogens (tertiary/aromatic N) is 1. The lowest BCUT2D eigenvalue weighted by molar-refractivity contribution is -0.870. The van der Waals surface area contributed by atoms with Gasteiger partial charge in [0, 0.05) is 6.42 Å². The summed E-state index contributed by atoms with van der Waals surface area (Å²) in [6.07, 6.45) is 55.0. The molecule has 0 aromatic carbocycles. The minimum atomic E-state index is -4.34. The van der Waals surface area contributed by atoms with E-state index in [9.17, 15) is 19.4 Å². The molecule has 1 amide bonds. The number of unbranched alkanes of at least 4 members (excludes halogenated alkanes) is 31. The molecule has 0 radical (unpaired) electrons. The Kier molecular flexibility index (Phi) is 43.0. The Balaban J connectivity index is 4.31. The summed E-state index contributed by atoms with van der Waals surface area (Å²) in [7, 11) is 1.57. The number of quaternary nitrogens is 1. The summed E-state index contributed by atoms with van der Waals surface area (Å²) >= 11 is 0. The van der Waals surface area contributed by atoms with E-state index in [0.29, 0.717) is 17.4 Å². The van der Waals surface area contributed by atoms with Gasteiger partial charge < -0.3 is 19.8 Å². The lowest BCUT2D eigenvalue weighted by Gasteiger charge is -2.25. The van der Waals surface area contributed by atoms with Crippen LogP contribution in [0.15, 0.2) is 36.5 Å². The number of likely N-dealkylation sites (N-methyl/N-ethyl adjacent to an activating group) is 1. The van der Waals surface area contributed by atoms with Crippen LogP contribution in [0.5, 0.6) is 0 Å². The van der Waals surface area contributed by atoms with E-state index in [1.54, 1.807) is 6.08 Å². The molecule has 61 heavy (non-hydrogen) atoms. The molecular formula is C52H102N2O6P+. The minimum Gasteiger partial charge on any atom is -0.387 e. The SMILES string of the molecule is CCCCC/C=C\C=C/CCCCCCCCCCCCC(=O)NC(COP(=O)(O)OCC[N+](C)(C)C)C(O)/C=C/CCCCCCCCCCCCCCCCCCCC. The van der Waals surface area contributed by atoms with Crippen LogP contribution >= 0.6 is 7.82 Å². The zero-order valence-corrected chi connectivity index (χ0v) is 41.8. The maximum absolute atomic E-state index is 12.9. The molecule has 0 saturated heterocycles. The van der Waals surface area contributed by atoms with Crippen molar-refractivity contribution < 1.29 is 32.9 Å². The van der Waals surface area contributed by atoms with E-state index in [-0.39, 0.29) is 19.1 Å². The smallest absolute Gasteiger partial charge is 0.387 e. The van der Waals surface area contributed by atoms with Gasteiger partial charge in [-0.1, -0.05) is 224 Å². The summed E-state index contributed by atoms with van der Waals surface area (Å²) in [4.78, 5) is 23.2. The van der Waals surface area contributed by atoms with Crippen molar-refractivity contribution in [1.82, 2.24) is 5.32 Å². The van der Waals surface area contributed by atoms with Crippen LogP contribution in [0, 0.1) is 0 Å². The molecule has 3 N–H and O–H groups in total. The number of rotatable bonds is 47. The molecule has 0 aromatic rings. The van der Waals surface area contributed by atoms with Gasteiger partial charge in [-0.05, 0) is 44.9 Å². The average Bonchev–Trinajstić information content (AvgIpc) is 3.21. The van der Waals surface area contributed by atoms with Crippen molar-refractivity contribution in [2.24, 2.45) is 0 Å². The number of phosphoric ester groups is 1. The van der Waals surface area contributed by atoms with Gasteiger partial charge in [-0.3, -0.25) is 13.8 Å². The number of aliphatic hydroxyl groups is 1. The first-order valence-corrected chi connectivity index (χ1v) is 27.4. The minimum absolute atomic E-state index is 0.0611. The van der Waals surface area contributed by atoms with Gasteiger partial charge in [-0.15, -0.1) is 0 Å². The van der Waals surface area contributed by atoms with Crippen LogP contribution in [0.25, 0.3) is 0 Å². The summed E-state index contributed by atoms with van der Waals surface area (Å²) in [5.41, 5.74) is 0.